The smallest absolute Gasteiger partial charge is 0.224 e. The Bertz CT molecular complexity index is 633. The second kappa shape index (κ2) is 4.90. The second-order valence-corrected chi connectivity index (χ2v) is 3.96. The fourth-order valence-corrected chi connectivity index (χ4v) is 1.67. The van der Waals surface area contributed by atoms with Gasteiger partial charge in [0.2, 0.25) is 5.28 Å². The number of nitriles is 1. The molecule has 1 heterocycles. The first-order valence-corrected chi connectivity index (χ1v) is 5.55. The third kappa shape index (κ3) is 2.34. The van der Waals surface area contributed by atoms with Crippen LogP contribution in [0.5, 0.6) is 0 Å². The molecule has 0 unspecified atom stereocenters. The summed E-state index contributed by atoms with van der Waals surface area (Å²) in [5.41, 5.74) is 7.99. The molecule has 0 aliphatic rings. The minimum atomic E-state index is 0.110. The zero-order chi connectivity index (χ0) is 13.1. The van der Waals surface area contributed by atoms with Gasteiger partial charge in [-0.2, -0.15) is 10.2 Å². The molecule has 1 aromatic carbocycles. The monoisotopic (exact) mass is 259 g/mol. The van der Waals surface area contributed by atoms with Crippen LogP contribution in [0.1, 0.15) is 11.3 Å². The van der Waals surface area contributed by atoms with Crippen LogP contribution in [0.3, 0.4) is 0 Å². The number of aromatic nitrogens is 2. The van der Waals surface area contributed by atoms with Gasteiger partial charge in [0, 0.05) is 0 Å². The lowest BCUT2D eigenvalue weighted by Gasteiger charge is -2.11. The Kier molecular flexibility index (Phi) is 3.31. The van der Waals surface area contributed by atoms with Gasteiger partial charge in [-0.3, -0.25) is 0 Å². The van der Waals surface area contributed by atoms with E-state index in [4.69, 9.17) is 22.6 Å². The highest BCUT2D eigenvalue weighted by Gasteiger charge is 2.09. The van der Waals surface area contributed by atoms with Gasteiger partial charge in [-0.05, 0) is 30.7 Å². The number of nitrogens with one attached hydrogen (secondary N) is 1. The highest BCUT2D eigenvalue weighted by Crippen LogP contribution is 2.25. The van der Waals surface area contributed by atoms with Crippen molar-refractivity contribution >= 4 is 28.8 Å². The third-order valence-corrected chi connectivity index (χ3v) is 2.58. The molecule has 1 aromatic heterocycles. The second-order valence-electron chi connectivity index (χ2n) is 3.62. The van der Waals surface area contributed by atoms with Gasteiger partial charge in [-0.1, -0.05) is 12.1 Å². The van der Waals surface area contributed by atoms with Gasteiger partial charge >= 0.3 is 0 Å². The molecule has 6 heteroatoms. The molecule has 90 valence electrons. The van der Waals surface area contributed by atoms with Crippen LogP contribution in [0.4, 0.5) is 17.2 Å². The molecule has 2 aromatic rings. The zero-order valence-corrected chi connectivity index (χ0v) is 10.4. The Hall–Kier alpha value is -2.32. The number of rotatable bonds is 2. The van der Waals surface area contributed by atoms with Crippen molar-refractivity contribution in [2.45, 2.75) is 6.92 Å². The maximum Gasteiger partial charge on any atom is 0.224 e. The van der Waals surface area contributed by atoms with E-state index < -0.39 is 0 Å². The normalized spacial score (nSPS) is 9.83. The average molecular weight is 260 g/mol. The van der Waals surface area contributed by atoms with Gasteiger partial charge in [-0.15, -0.1) is 0 Å². The summed E-state index contributed by atoms with van der Waals surface area (Å²) in [6, 6.07) is 9.15. The molecule has 3 N–H and O–H groups in total. The minimum Gasteiger partial charge on any atom is -0.394 e. The number of hydrogen-bond acceptors (Lipinski definition) is 5. The molecule has 0 amide bonds. The molecule has 18 heavy (non-hydrogen) atoms. The van der Waals surface area contributed by atoms with E-state index in [9.17, 15) is 0 Å². The summed E-state index contributed by atoms with van der Waals surface area (Å²) in [5.74, 6) is 0.398. The van der Waals surface area contributed by atoms with E-state index in [-0.39, 0.29) is 5.28 Å². The number of nitrogens with two attached hydrogens (primary N) is 1. The van der Waals surface area contributed by atoms with Crippen LogP contribution in [0, 0.1) is 18.3 Å². The highest BCUT2D eigenvalue weighted by atomic mass is 35.5. The lowest BCUT2D eigenvalue weighted by Crippen LogP contribution is -2.04. The van der Waals surface area contributed by atoms with Crippen LogP contribution < -0.4 is 11.1 Å². The van der Waals surface area contributed by atoms with Crippen LogP contribution in [0.15, 0.2) is 24.3 Å². The minimum absolute atomic E-state index is 0.110. The van der Waals surface area contributed by atoms with Gasteiger partial charge in [0.05, 0.1) is 22.6 Å². The molecule has 0 bridgehead atoms. The predicted molar refractivity (Wildman–Crippen MR) is 70.6 cm³/mol. The SMILES string of the molecule is Cc1nc(Cl)nc(Nc2ccccc2C#N)c1N. The molecule has 0 radical (unpaired) electrons. The van der Waals surface area contributed by atoms with Gasteiger partial charge < -0.3 is 11.1 Å². The van der Waals surface area contributed by atoms with Crippen molar-refractivity contribution in [1.29, 1.82) is 5.26 Å². The van der Waals surface area contributed by atoms with Crippen molar-refractivity contribution in [3.63, 3.8) is 0 Å². The molecule has 0 atom stereocenters. The lowest BCUT2D eigenvalue weighted by molar-refractivity contribution is 1.11. The van der Waals surface area contributed by atoms with E-state index in [0.29, 0.717) is 28.5 Å². The summed E-state index contributed by atoms with van der Waals surface area (Å²) < 4.78 is 0. The molecule has 0 fully saturated rings. The number of halogens is 1. The highest BCUT2D eigenvalue weighted by molar-refractivity contribution is 6.28. The van der Waals surface area contributed by atoms with E-state index in [1.807, 2.05) is 6.07 Å². The zero-order valence-electron chi connectivity index (χ0n) is 9.61. The number of nitrogen functional groups attached to an aromatic ring is 1. The number of benzene rings is 1. The van der Waals surface area contributed by atoms with Crippen molar-refractivity contribution < 1.29 is 0 Å². The molecule has 0 saturated heterocycles. The topological polar surface area (TPSA) is 87.6 Å². The molecule has 2 rings (SSSR count). The van der Waals surface area contributed by atoms with Gasteiger partial charge in [-0.25, -0.2) is 4.98 Å². The molecular formula is C12H10ClN5. The van der Waals surface area contributed by atoms with Crippen LogP contribution in [-0.2, 0) is 0 Å². The van der Waals surface area contributed by atoms with E-state index in [1.54, 1.807) is 25.1 Å². The number of nitrogens with zero attached hydrogens (tertiary/aromatic N) is 3. The van der Waals surface area contributed by atoms with Crippen molar-refractivity contribution in [1.82, 2.24) is 9.97 Å². The molecular weight excluding hydrogens is 250 g/mol. The Labute approximate surface area is 109 Å². The summed E-state index contributed by atoms with van der Waals surface area (Å²) in [6.45, 7) is 1.74. The Morgan fingerprint density at radius 2 is 2.06 bits per heavy atom. The Morgan fingerprint density at radius 3 is 2.78 bits per heavy atom. The first kappa shape index (κ1) is 12.1. The van der Waals surface area contributed by atoms with Crippen LogP contribution in [-0.4, -0.2) is 9.97 Å². The number of anilines is 3. The summed E-state index contributed by atoms with van der Waals surface area (Å²) in [5, 5.41) is 12.1. The Morgan fingerprint density at radius 1 is 1.33 bits per heavy atom. The van der Waals surface area contributed by atoms with Crippen molar-refractivity contribution in [3.8, 4) is 6.07 Å². The van der Waals surface area contributed by atoms with E-state index in [0.717, 1.165) is 0 Å². The Balaban J connectivity index is 2.44. The van der Waals surface area contributed by atoms with E-state index in [1.165, 1.54) is 0 Å². The number of para-hydroxylation sites is 1. The van der Waals surface area contributed by atoms with Crippen molar-refractivity contribution in [2.75, 3.05) is 11.1 Å². The standard InChI is InChI=1S/C12H10ClN5/c1-7-10(15)11(18-12(13)16-7)17-9-5-3-2-4-8(9)6-14/h2-5H,15H2,1H3,(H,16,17,18). The quantitative estimate of drug-likeness (QED) is 0.810. The van der Waals surface area contributed by atoms with Gasteiger partial charge in [0.15, 0.2) is 5.82 Å². The van der Waals surface area contributed by atoms with Crippen LogP contribution in [0.2, 0.25) is 5.28 Å². The maximum absolute atomic E-state index is 8.99. The largest absolute Gasteiger partial charge is 0.394 e. The summed E-state index contributed by atoms with van der Waals surface area (Å²) in [4.78, 5) is 7.96. The summed E-state index contributed by atoms with van der Waals surface area (Å²) in [6.07, 6.45) is 0. The third-order valence-electron chi connectivity index (χ3n) is 2.41. The van der Waals surface area contributed by atoms with Gasteiger partial charge in [0.1, 0.15) is 6.07 Å². The molecule has 0 spiro atoms. The molecule has 5 nitrogen and oxygen atoms in total. The fourth-order valence-electron chi connectivity index (χ4n) is 1.46. The van der Waals surface area contributed by atoms with Crippen molar-refractivity contribution in [3.05, 3.63) is 40.8 Å². The number of hydrogen-bond donors (Lipinski definition) is 2. The predicted octanol–water partition coefficient (Wildman–Crippen LogP) is 2.64. The summed E-state index contributed by atoms with van der Waals surface area (Å²) in [7, 11) is 0. The summed E-state index contributed by atoms with van der Waals surface area (Å²) >= 11 is 5.78. The van der Waals surface area contributed by atoms with Crippen LogP contribution in [0.25, 0.3) is 0 Å². The van der Waals surface area contributed by atoms with E-state index in [2.05, 4.69) is 21.4 Å². The van der Waals surface area contributed by atoms with E-state index >= 15 is 0 Å². The fraction of sp³-hybridized carbons (Fsp3) is 0.0833. The first-order valence-electron chi connectivity index (χ1n) is 5.17. The maximum atomic E-state index is 8.99. The molecule has 0 saturated carbocycles. The number of aryl methyl sites for hydroxylation is 1. The first-order chi connectivity index (χ1) is 8.61. The van der Waals surface area contributed by atoms with Crippen molar-refractivity contribution in [2.24, 2.45) is 0 Å². The van der Waals surface area contributed by atoms with Crippen LogP contribution >= 0.6 is 11.6 Å². The average Bonchev–Trinajstić information content (AvgIpc) is 2.36. The molecule has 0 aliphatic heterocycles. The molecule has 0 aliphatic carbocycles. The van der Waals surface area contributed by atoms with Gasteiger partial charge in [0.25, 0.3) is 0 Å². The lowest BCUT2D eigenvalue weighted by atomic mass is 10.2.